The quantitative estimate of drug-likeness (QED) is 0.446. The topological polar surface area (TPSA) is 69.7 Å². The van der Waals surface area contributed by atoms with E-state index in [0.717, 1.165) is 10.6 Å². The van der Waals surface area contributed by atoms with E-state index in [1.807, 2.05) is 24.4 Å². The Morgan fingerprint density at radius 2 is 1.84 bits per heavy atom. The minimum absolute atomic E-state index is 0.0547. The van der Waals surface area contributed by atoms with Gasteiger partial charge in [0.2, 0.25) is 5.91 Å². The van der Waals surface area contributed by atoms with Crippen LogP contribution in [0.1, 0.15) is 30.6 Å². The van der Waals surface area contributed by atoms with E-state index in [2.05, 4.69) is 15.0 Å². The molecule has 0 fully saturated rings. The molecule has 0 aliphatic rings. The zero-order valence-corrected chi connectivity index (χ0v) is 18.7. The molecule has 3 rings (SSSR count). The Morgan fingerprint density at radius 1 is 1.09 bits per heavy atom. The molecule has 9 heteroatoms. The van der Waals surface area contributed by atoms with Crippen LogP contribution in [0.5, 0.6) is 17.2 Å². The van der Waals surface area contributed by atoms with E-state index in [1.54, 1.807) is 38.5 Å². The number of hydrogen-bond donors (Lipinski definition) is 1. The van der Waals surface area contributed by atoms with Crippen LogP contribution in [0.2, 0.25) is 0 Å². The number of carbonyl (C=O) groups excluding carboxylic acids is 1. The molecule has 1 amide bonds. The van der Waals surface area contributed by atoms with Crippen molar-refractivity contribution in [1.29, 1.82) is 0 Å². The molecule has 1 unspecified atom stereocenters. The van der Waals surface area contributed by atoms with E-state index < -0.39 is 12.7 Å². The Labute approximate surface area is 189 Å². The van der Waals surface area contributed by atoms with Gasteiger partial charge in [-0.15, -0.1) is 11.3 Å². The van der Waals surface area contributed by atoms with Gasteiger partial charge in [-0.1, -0.05) is 25.1 Å². The van der Waals surface area contributed by atoms with Crippen LogP contribution in [0.25, 0.3) is 10.6 Å². The molecule has 0 aliphatic heterocycles. The summed E-state index contributed by atoms with van der Waals surface area (Å²) in [6, 6.07) is 11.5. The van der Waals surface area contributed by atoms with Crippen LogP contribution in [-0.2, 0) is 11.2 Å². The molecule has 6 nitrogen and oxygen atoms in total. The number of alkyl halides is 2. The number of nitrogens with one attached hydrogen (secondary N) is 1. The molecule has 1 atom stereocenters. The number of hydrogen-bond acceptors (Lipinski definition) is 6. The molecule has 0 radical (unpaired) electrons. The minimum Gasteiger partial charge on any atom is -0.493 e. The zero-order chi connectivity index (χ0) is 23.1. The summed E-state index contributed by atoms with van der Waals surface area (Å²) in [4.78, 5) is 17.2. The molecule has 1 aromatic heterocycles. The van der Waals surface area contributed by atoms with E-state index in [1.165, 1.54) is 17.4 Å². The fourth-order valence-corrected chi connectivity index (χ4v) is 4.09. The molecule has 1 N–H and O–H groups in total. The number of halogens is 2. The van der Waals surface area contributed by atoms with Gasteiger partial charge in [0.25, 0.3) is 0 Å². The van der Waals surface area contributed by atoms with Gasteiger partial charge in [-0.2, -0.15) is 8.78 Å². The number of thiazole rings is 1. The summed E-state index contributed by atoms with van der Waals surface area (Å²) in [5.74, 6) is 1.01. The van der Waals surface area contributed by atoms with Crippen LogP contribution in [0, 0.1) is 0 Å². The monoisotopic (exact) mass is 462 g/mol. The molecule has 32 heavy (non-hydrogen) atoms. The molecular weight excluding hydrogens is 438 g/mol. The van der Waals surface area contributed by atoms with E-state index in [4.69, 9.17) is 9.47 Å². The lowest BCUT2D eigenvalue weighted by atomic mass is 10.0. The molecule has 1 heterocycles. The highest BCUT2D eigenvalue weighted by Crippen LogP contribution is 2.34. The third-order valence-corrected chi connectivity index (χ3v) is 5.72. The number of aromatic nitrogens is 1. The summed E-state index contributed by atoms with van der Waals surface area (Å²) >= 11 is 1.42. The molecule has 0 aliphatic carbocycles. The summed E-state index contributed by atoms with van der Waals surface area (Å²) in [5, 5.41) is 5.46. The SMILES string of the molecule is CCC(NC(=O)Cc1csc(-c2ccc(OC)c(OC)c2)n1)c1ccccc1OC(F)F. The first-order valence-electron chi connectivity index (χ1n) is 9.95. The molecule has 2 aromatic carbocycles. The van der Waals surface area contributed by atoms with Gasteiger partial charge in [0, 0.05) is 16.5 Å². The predicted molar refractivity (Wildman–Crippen MR) is 119 cm³/mol. The Hall–Kier alpha value is -3.20. The van der Waals surface area contributed by atoms with Crippen molar-refractivity contribution in [3.05, 3.63) is 59.1 Å². The minimum atomic E-state index is -2.94. The summed E-state index contributed by atoms with van der Waals surface area (Å²) in [5.41, 5.74) is 1.97. The van der Waals surface area contributed by atoms with Gasteiger partial charge in [-0.3, -0.25) is 4.79 Å². The van der Waals surface area contributed by atoms with Crippen molar-refractivity contribution >= 4 is 17.2 Å². The van der Waals surface area contributed by atoms with Gasteiger partial charge in [0.05, 0.1) is 32.4 Å². The van der Waals surface area contributed by atoms with E-state index in [0.29, 0.717) is 29.2 Å². The standard InChI is InChI=1S/C23H24F2N2O4S/c1-4-17(16-7-5-6-8-18(16)31-23(24)25)27-21(28)12-15-13-32-22(26-15)14-9-10-19(29-2)20(11-14)30-3/h5-11,13,17,23H,4,12H2,1-3H3,(H,27,28). The number of ether oxygens (including phenoxy) is 3. The van der Waals surface area contributed by atoms with Crippen LogP contribution >= 0.6 is 11.3 Å². The Balaban J connectivity index is 1.70. The smallest absolute Gasteiger partial charge is 0.387 e. The van der Waals surface area contributed by atoms with Crippen LogP contribution in [-0.4, -0.2) is 31.7 Å². The molecular formula is C23H24F2N2O4S. The second-order valence-corrected chi connectivity index (χ2v) is 7.69. The van der Waals surface area contributed by atoms with E-state index in [-0.39, 0.29) is 18.1 Å². The number of amides is 1. The lowest BCUT2D eigenvalue weighted by molar-refractivity contribution is -0.121. The number of nitrogens with zero attached hydrogens (tertiary/aromatic N) is 1. The maximum atomic E-state index is 12.7. The number of carbonyl (C=O) groups is 1. The van der Waals surface area contributed by atoms with Crippen molar-refractivity contribution in [3.8, 4) is 27.8 Å². The van der Waals surface area contributed by atoms with Gasteiger partial charge in [-0.05, 0) is 30.7 Å². The predicted octanol–water partition coefficient (Wildman–Crippen LogP) is 5.24. The second-order valence-electron chi connectivity index (χ2n) is 6.84. The van der Waals surface area contributed by atoms with E-state index >= 15 is 0 Å². The lowest BCUT2D eigenvalue weighted by Gasteiger charge is -2.20. The Morgan fingerprint density at radius 3 is 2.53 bits per heavy atom. The van der Waals surface area contributed by atoms with Crippen molar-refractivity contribution in [3.63, 3.8) is 0 Å². The van der Waals surface area contributed by atoms with Gasteiger partial charge < -0.3 is 19.5 Å². The summed E-state index contributed by atoms with van der Waals surface area (Å²) < 4.78 is 40.6. The first kappa shape index (κ1) is 23.5. The maximum Gasteiger partial charge on any atom is 0.387 e. The summed E-state index contributed by atoms with van der Waals surface area (Å²) in [6.07, 6.45) is 0.585. The largest absolute Gasteiger partial charge is 0.493 e. The third-order valence-electron chi connectivity index (χ3n) is 4.78. The Bertz CT molecular complexity index is 1060. The van der Waals surface area contributed by atoms with Crippen molar-refractivity contribution < 1.29 is 27.8 Å². The van der Waals surface area contributed by atoms with Crippen molar-refractivity contribution in [1.82, 2.24) is 10.3 Å². The van der Waals surface area contributed by atoms with Gasteiger partial charge in [-0.25, -0.2) is 4.98 Å². The average Bonchev–Trinajstić information content (AvgIpc) is 3.25. The fourth-order valence-electron chi connectivity index (χ4n) is 3.27. The number of benzene rings is 2. The number of para-hydroxylation sites is 1. The highest BCUT2D eigenvalue weighted by molar-refractivity contribution is 7.13. The van der Waals surface area contributed by atoms with Gasteiger partial charge >= 0.3 is 6.61 Å². The average molecular weight is 463 g/mol. The number of methoxy groups -OCH3 is 2. The van der Waals surface area contributed by atoms with Crippen LogP contribution < -0.4 is 19.5 Å². The van der Waals surface area contributed by atoms with Crippen molar-refractivity contribution in [2.45, 2.75) is 32.4 Å². The zero-order valence-electron chi connectivity index (χ0n) is 17.9. The molecule has 170 valence electrons. The lowest BCUT2D eigenvalue weighted by Crippen LogP contribution is -2.30. The van der Waals surface area contributed by atoms with Gasteiger partial charge in [0.15, 0.2) is 11.5 Å². The van der Waals surface area contributed by atoms with Crippen LogP contribution in [0.3, 0.4) is 0 Å². The first-order valence-corrected chi connectivity index (χ1v) is 10.8. The highest BCUT2D eigenvalue weighted by Gasteiger charge is 2.20. The molecule has 0 saturated carbocycles. The highest BCUT2D eigenvalue weighted by atomic mass is 32.1. The van der Waals surface area contributed by atoms with Crippen molar-refractivity contribution in [2.75, 3.05) is 14.2 Å². The number of rotatable bonds is 10. The summed E-state index contributed by atoms with van der Waals surface area (Å²) in [6.45, 7) is -1.07. The fraction of sp³-hybridized carbons (Fsp3) is 0.304. The Kier molecular flexibility index (Phi) is 7.99. The van der Waals surface area contributed by atoms with Crippen molar-refractivity contribution in [2.24, 2.45) is 0 Å². The second kappa shape index (κ2) is 10.9. The van der Waals surface area contributed by atoms with Gasteiger partial charge in [0.1, 0.15) is 10.8 Å². The third kappa shape index (κ3) is 5.73. The van der Waals surface area contributed by atoms with E-state index in [9.17, 15) is 13.6 Å². The summed E-state index contributed by atoms with van der Waals surface area (Å²) in [7, 11) is 3.13. The molecule has 0 bridgehead atoms. The van der Waals surface area contributed by atoms with Crippen LogP contribution in [0.15, 0.2) is 47.8 Å². The molecule has 0 spiro atoms. The molecule has 0 saturated heterocycles. The normalized spacial score (nSPS) is 11.8. The molecule has 3 aromatic rings. The first-order chi connectivity index (χ1) is 15.4. The van der Waals surface area contributed by atoms with Crippen LogP contribution in [0.4, 0.5) is 8.78 Å². The maximum absolute atomic E-state index is 12.7.